The zero-order valence-corrected chi connectivity index (χ0v) is 20.7. The lowest BCUT2D eigenvalue weighted by Crippen LogP contribution is -2.46. The number of hydrogen-bond acceptors (Lipinski definition) is 5. The first-order chi connectivity index (χ1) is 17.7. The molecule has 0 saturated carbocycles. The molecule has 0 radical (unpaired) electrons. The fraction of sp³-hybridized carbons (Fsp3) is 0.276. The Morgan fingerprint density at radius 3 is 2.44 bits per heavy atom. The monoisotopic (exact) mass is 485 g/mol. The van der Waals surface area contributed by atoms with Gasteiger partial charge in [0.05, 0.1) is 12.1 Å². The summed E-state index contributed by atoms with van der Waals surface area (Å²) in [5, 5.41) is 4.15. The standard InChI is InChI=1S/C29H31N3O4/c1-21-8-6-7-11-26(21)36-29-27(28(33)31-16-14-30-15-17-31)24-13-12-23(35-19-18-34-2)20-25(24)32(29)22-9-4-3-5-10-22/h3-13,20,30H,14-19H2,1-2H3. The van der Waals surface area contributed by atoms with Crippen LogP contribution in [-0.4, -0.2) is 61.9 Å². The molecule has 1 amide bonds. The molecule has 1 N–H and O–H groups in total. The van der Waals surface area contributed by atoms with Crippen LogP contribution in [0.3, 0.4) is 0 Å². The van der Waals surface area contributed by atoms with Gasteiger partial charge in [0.15, 0.2) is 0 Å². The van der Waals surface area contributed by atoms with Crippen LogP contribution in [0.25, 0.3) is 16.6 Å². The number of carbonyl (C=O) groups is 1. The van der Waals surface area contributed by atoms with Crippen molar-refractivity contribution in [1.82, 2.24) is 14.8 Å². The summed E-state index contributed by atoms with van der Waals surface area (Å²) in [6, 6.07) is 23.7. The maximum Gasteiger partial charge on any atom is 0.260 e. The number of amides is 1. The maximum absolute atomic E-state index is 14.0. The van der Waals surface area contributed by atoms with E-state index in [1.807, 2.05) is 89.2 Å². The van der Waals surface area contributed by atoms with E-state index >= 15 is 0 Å². The second-order valence-corrected chi connectivity index (χ2v) is 8.78. The molecule has 0 atom stereocenters. The predicted molar refractivity (Wildman–Crippen MR) is 141 cm³/mol. The largest absolute Gasteiger partial charge is 0.491 e. The third kappa shape index (κ3) is 4.80. The zero-order valence-electron chi connectivity index (χ0n) is 20.7. The van der Waals surface area contributed by atoms with Crippen LogP contribution < -0.4 is 14.8 Å². The average molecular weight is 486 g/mol. The van der Waals surface area contributed by atoms with Gasteiger partial charge in [-0.1, -0.05) is 36.4 Å². The van der Waals surface area contributed by atoms with E-state index in [2.05, 4.69) is 5.32 Å². The van der Waals surface area contributed by atoms with Crippen LogP contribution in [0.5, 0.6) is 17.4 Å². The second kappa shape index (κ2) is 10.8. The van der Waals surface area contributed by atoms with Crippen LogP contribution in [0.1, 0.15) is 15.9 Å². The lowest BCUT2D eigenvalue weighted by atomic mass is 10.1. The third-order valence-electron chi connectivity index (χ3n) is 6.39. The van der Waals surface area contributed by atoms with Crippen molar-refractivity contribution in [3.8, 4) is 23.1 Å². The van der Waals surface area contributed by atoms with E-state index in [1.54, 1.807) is 7.11 Å². The summed E-state index contributed by atoms with van der Waals surface area (Å²) < 4.78 is 19.7. The summed E-state index contributed by atoms with van der Waals surface area (Å²) in [5.74, 6) is 1.89. The number of benzene rings is 3. The molecule has 7 nitrogen and oxygen atoms in total. The van der Waals surface area contributed by atoms with Crippen molar-refractivity contribution in [2.45, 2.75) is 6.92 Å². The van der Waals surface area contributed by atoms with Gasteiger partial charge in [0.2, 0.25) is 5.88 Å². The maximum atomic E-state index is 14.0. The summed E-state index contributed by atoms with van der Waals surface area (Å²) >= 11 is 0. The Labute approximate surface area is 211 Å². The van der Waals surface area contributed by atoms with Crippen LogP contribution in [0.4, 0.5) is 0 Å². The average Bonchev–Trinajstić information content (AvgIpc) is 3.23. The van der Waals surface area contributed by atoms with Crippen molar-refractivity contribution in [2.75, 3.05) is 46.5 Å². The highest BCUT2D eigenvalue weighted by molar-refractivity contribution is 6.10. The quantitative estimate of drug-likeness (QED) is 0.363. The van der Waals surface area contributed by atoms with Crippen LogP contribution in [0.2, 0.25) is 0 Å². The molecule has 3 aromatic carbocycles. The number of para-hydroxylation sites is 2. The summed E-state index contributed by atoms with van der Waals surface area (Å²) in [6.45, 7) is 5.78. The molecule has 186 valence electrons. The first-order valence-electron chi connectivity index (χ1n) is 12.3. The molecular weight excluding hydrogens is 454 g/mol. The Bertz CT molecular complexity index is 1340. The molecule has 5 rings (SSSR count). The third-order valence-corrected chi connectivity index (χ3v) is 6.39. The fourth-order valence-electron chi connectivity index (χ4n) is 4.51. The first-order valence-corrected chi connectivity index (χ1v) is 12.3. The number of aryl methyl sites for hydroxylation is 1. The Balaban J connectivity index is 1.73. The number of ether oxygens (including phenoxy) is 3. The van der Waals surface area contributed by atoms with Crippen LogP contribution in [0.15, 0.2) is 72.8 Å². The number of aromatic nitrogens is 1. The number of methoxy groups -OCH3 is 1. The van der Waals surface area contributed by atoms with Crippen molar-refractivity contribution in [1.29, 1.82) is 0 Å². The van der Waals surface area contributed by atoms with Crippen molar-refractivity contribution < 1.29 is 19.0 Å². The minimum atomic E-state index is -0.0344. The Morgan fingerprint density at radius 2 is 1.69 bits per heavy atom. The molecule has 1 aliphatic rings. The molecule has 1 aliphatic heterocycles. The van der Waals surface area contributed by atoms with E-state index in [0.717, 1.165) is 35.2 Å². The Hall–Kier alpha value is -3.81. The summed E-state index contributed by atoms with van der Waals surface area (Å²) in [7, 11) is 1.65. The minimum absolute atomic E-state index is 0.0344. The molecule has 1 saturated heterocycles. The summed E-state index contributed by atoms with van der Waals surface area (Å²) in [4.78, 5) is 15.9. The molecule has 0 unspecified atom stereocenters. The van der Waals surface area contributed by atoms with Gasteiger partial charge >= 0.3 is 0 Å². The van der Waals surface area contributed by atoms with Gasteiger partial charge in [-0.25, -0.2) is 0 Å². The van der Waals surface area contributed by atoms with E-state index in [9.17, 15) is 4.79 Å². The first kappa shape index (κ1) is 23.9. The number of nitrogens with zero attached hydrogens (tertiary/aromatic N) is 2. The summed E-state index contributed by atoms with van der Waals surface area (Å²) in [6.07, 6.45) is 0. The van der Waals surface area contributed by atoms with Crippen molar-refractivity contribution in [3.05, 3.63) is 83.9 Å². The molecule has 1 fully saturated rings. The Kier molecular flexibility index (Phi) is 7.21. The number of nitrogens with one attached hydrogen (secondary N) is 1. The van der Waals surface area contributed by atoms with Crippen molar-refractivity contribution >= 4 is 16.8 Å². The van der Waals surface area contributed by atoms with Crippen LogP contribution in [0, 0.1) is 6.92 Å². The van der Waals surface area contributed by atoms with E-state index in [4.69, 9.17) is 14.2 Å². The topological polar surface area (TPSA) is 65.0 Å². The van der Waals surface area contributed by atoms with Crippen LogP contribution in [-0.2, 0) is 4.74 Å². The number of carbonyl (C=O) groups excluding carboxylic acids is 1. The zero-order chi connectivity index (χ0) is 24.9. The van der Waals surface area contributed by atoms with Crippen molar-refractivity contribution in [2.24, 2.45) is 0 Å². The molecule has 7 heteroatoms. The highest BCUT2D eigenvalue weighted by atomic mass is 16.5. The SMILES string of the molecule is COCCOc1ccc2c(C(=O)N3CCNCC3)c(Oc3ccccc3C)n(-c3ccccc3)c2c1. The van der Waals surface area contributed by atoms with Crippen LogP contribution >= 0.6 is 0 Å². The molecule has 0 spiro atoms. The molecule has 2 heterocycles. The Morgan fingerprint density at radius 1 is 0.944 bits per heavy atom. The van der Waals surface area contributed by atoms with Gasteiger partial charge in [-0.2, -0.15) is 0 Å². The van der Waals surface area contributed by atoms with Gasteiger partial charge in [-0.15, -0.1) is 0 Å². The number of fused-ring (bicyclic) bond motifs is 1. The number of rotatable bonds is 8. The van der Waals surface area contributed by atoms with E-state index in [1.165, 1.54) is 0 Å². The normalized spacial score (nSPS) is 13.7. The predicted octanol–water partition coefficient (Wildman–Crippen LogP) is 4.80. The molecule has 1 aromatic heterocycles. The highest BCUT2D eigenvalue weighted by Gasteiger charge is 2.30. The smallest absolute Gasteiger partial charge is 0.260 e. The number of piperazine rings is 1. The van der Waals surface area contributed by atoms with Crippen molar-refractivity contribution in [3.63, 3.8) is 0 Å². The summed E-state index contributed by atoms with van der Waals surface area (Å²) in [5.41, 5.74) is 3.30. The van der Waals surface area contributed by atoms with Gasteiger partial charge in [-0.05, 0) is 42.8 Å². The highest BCUT2D eigenvalue weighted by Crippen LogP contribution is 2.40. The molecular formula is C29H31N3O4. The minimum Gasteiger partial charge on any atom is -0.491 e. The van der Waals surface area contributed by atoms with Gasteiger partial charge in [0.1, 0.15) is 23.7 Å². The van der Waals surface area contributed by atoms with Gasteiger partial charge in [0.25, 0.3) is 5.91 Å². The molecule has 36 heavy (non-hydrogen) atoms. The fourth-order valence-corrected chi connectivity index (χ4v) is 4.51. The van der Waals surface area contributed by atoms with Gasteiger partial charge in [0, 0.05) is 50.4 Å². The molecule has 0 bridgehead atoms. The molecule has 4 aromatic rings. The van der Waals surface area contributed by atoms with Gasteiger partial charge in [-0.3, -0.25) is 9.36 Å². The van der Waals surface area contributed by atoms with E-state index < -0.39 is 0 Å². The second-order valence-electron chi connectivity index (χ2n) is 8.78. The lowest BCUT2D eigenvalue weighted by Gasteiger charge is -2.27. The molecule has 0 aliphatic carbocycles. The number of hydrogen-bond donors (Lipinski definition) is 1. The van der Waals surface area contributed by atoms with E-state index in [-0.39, 0.29) is 5.91 Å². The lowest BCUT2D eigenvalue weighted by molar-refractivity contribution is 0.0735. The van der Waals surface area contributed by atoms with Gasteiger partial charge < -0.3 is 24.4 Å². The van der Waals surface area contributed by atoms with E-state index in [0.29, 0.717) is 49.2 Å².